The molecule has 1 fully saturated rings. The summed E-state index contributed by atoms with van der Waals surface area (Å²) < 4.78 is 0. The normalized spacial score (nSPS) is 17.8. The van der Waals surface area contributed by atoms with Gasteiger partial charge in [-0.25, -0.2) is 0 Å². The number of carboxylic acids is 3. The standard InChI is InChI=1S/C21H31N7O6/c22-24-23-18-3-1-17(2-4-18)13-25-5-7-26(14-19(29)30)9-11-28(16-21(33)34)12-10-27(8-6-25)15-20(31)32/h1-4H,5-16H2,(H,29,30)(H,31,32)(H,33,34). The molecule has 0 spiro atoms. The summed E-state index contributed by atoms with van der Waals surface area (Å²) in [7, 11) is 0. The highest BCUT2D eigenvalue weighted by Gasteiger charge is 2.20. The molecule has 0 aromatic heterocycles. The van der Waals surface area contributed by atoms with Crippen LogP contribution in [-0.2, 0) is 20.9 Å². The third kappa shape index (κ3) is 10.6. The number of nitrogens with zero attached hydrogens (tertiary/aromatic N) is 7. The first-order valence-electron chi connectivity index (χ1n) is 10.9. The number of carboxylic acid groups (broad SMARTS) is 3. The van der Waals surface area contributed by atoms with Gasteiger partial charge in [-0.1, -0.05) is 29.4 Å². The van der Waals surface area contributed by atoms with E-state index in [1.807, 2.05) is 12.1 Å². The van der Waals surface area contributed by atoms with Crippen LogP contribution in [0.15, 0.2) is 29.4 Å². The highest BCUT2D eigenvalue weighted by Crippen LogP contribution is 2.15. The number of hydrogen-bond donors (Lipinski definition) is 3. The van der Waals surface area contributed by atoms with Crippen molar-refractivity contribution in [1.29, 1.82) is 0 Å². The molecule has 0 aliphatic carbocycles. The zero-order chi connectivity index (χ0) is 24.9. The summed E-state index contributed by atoms with van der Waals surface area (Å²) in [5, 5.41) is 31.4. The Morgan fingerprint density at radius 1 is 0.706 bits per heavy atom. The van der Waals surface area contributed by atoms with Crippen LogP contribution < -0.4 is 0 Å². The van der Waals surface area contributed by atoms with Crippen LogP contribution in [0.2, 0.25) is 0 Å². The maximum Gasteiger partial charge on any atom is 0.317 e. The maximum atomic E-state index is 11.3. The quantitative estimate of drug-likeness (QED) is 0.260. The number of aliphatic carboxylic acids is 3. The van der Waals surface area contributed by atoms with Gasteiger partial charge < -0.3 is 15.3 Å². The van der Waals surface area contributed by atoms with Crippen molar-refractivity contribution < 1.29 is 29.7 Å². The van der Waals surface area contributed by atoms with Crippen LogP contribution in [-0.4, -0.2) is 125 Å². The Kier molecular flexibility index (Phi) is 11.2. The lowest BCUT2D eigenvalue weighted by Gasteiger charge is -2.33. The summed E-state index contributed by atoms with van der Waals surface area (Å²) in [6, 6.07) is 7.15. The summed E-state index contributed by atoms with van der Waals surface area (Å²) in [6.07, 6.45) is 0. The van der Waals surface area contributed by atoms with E-state index in [4.69, 9.17) is 5.53 Å². The summed E-state index contributed by atoms with van der Waals surface area (Å²) in [5.41, 5.74) is 10.0. The lowest BCUT2D eigenvalue weighted by Crippen LogP contribution is -2.48. The topological polar surface area (TPSA) is 174 Å². The molecule has 0 unspecified atom stereocenters. The zero-order valence-corrected chi connectivity index (χ0v) is 19.0. The van der Waals surface area contributed by atoms with E-state index in [-0.39, 0.29) is 19.6 Å². The highest BCUT2D eigenvalue weighted by molar-refractivity contribution is 5.69. The second-order valence-electron chi connectivity index (χ2n) is 8.14. The van der Waals surface area contributed by atoms with E-state index in [1.54, 1.807) is 26.8 Å². The van der Waals surface area contributed by atoms with Crippen LogP contribution in [0.3, 0.4) is 0 Å². The van der Waals surface area contributed by atoms with Crippen molar-refractivity contribution >= 4 is 23.6 Å². The van der Waals surface area contributed by atoms with Crippen LogP contribution >= 0.6 is 0 Å². The molecular formula is C21H31N7O6. The molecule has 1 saturated heterocycles. The molecule has 13 nitrogen and oxygen atoms in total. The van der Waals surface area contributed by atoms with Gasteiger partial charge in [0.2, 0.25) is 0 Å². The average Bonchev–Trinajstić information content (AvgIpc) is 2.76. The number of benzene rings is 1. The largest absolute Gasteiger partial charge is 0.480 e. The van der Waals surface area contributed by atoms with E-state index in [0.717, 1.165) is 5.56 Å². The minimum atomic E-state index is -0.987. The van der Waals surface area contributed by atoms with E-state index in [9.17, 15) is 29.7 Å². The fourth-order valence-corrected chi connectivity index (χ4v) is 3.76. The molecule has 1 heterocycles. The number of carbonyl (C=O) groups is 3. The van der Waals surface area contributed by atoms with Gasteiger partial charge in [-0.15, -0.1) is 0 Å². The van der Waals surface area contributed by atoms with Gasteiger partial charge in [-0.05, 0) is 11.1 Å². The molecule has 186 valence electrons. The van der Waals surface area contributed by atoms with E-state index in [0.29, 0.717) is 64.6 Å². The van der Waals surface area contributed by atoms with Gasteiger partial charge in [0.15, 0.2) is 0 Å². The van der Waals surface area contributed by atoms with Gasteiger partial charge in [-0.2, -0.15) is 0 Å². The third-order valence-corrected chi connectivity index (χ3v) is 5.51. The van der Waals surface area contributed by atoms with Crippen LogP contribution in [0.5, 0.6) is 0 Å². The van der Waals surface area contributed by atoms with Gasteiger partial charge in [0.25, 0.3) is 0 Å². The van der Waals surface area contributed by atoms with Crippen molar-refractivity contribution in [3.63, 3.8) is 0 Å². The van der Waals surface area contributed by atoms with Crippen molar-refractivity contribution in [3.05, 3.63) is 40.3 Å². The molecule has 0 amide bonds. The number of azide groups is 1. The van der Waals surface area contributed by atoms with E-state index in [2.05, 4.69) is 14.9 Å². The van der Waals surface area contributed by atoms with Gasteiger partial charge in [-0.3, -0.25) is 34.0 Å². The predicted molar refractivity (Wildman–Crippen MR) is 123 cm³/mol. The second-order valence-corrected chi connectivity index (χ2v) is 8.14. The Morgan fingerprint density at radius 2 is 1.06 bits per heavy atom. The molecule has 13 heteroatoms. The average molecular weight is 478 g/mol. The molecular weight excluding hydrogens is 446 g/mol. The van der Waals surface area contributed by atoms with Crippen molar-refractivity contribution in [2.45, 2.75) is 6.54 Å². The van der Waals surface area contributed by atoms with Crippen LogP contribution in [0.4, 0.5) is 5.69 Å². The SMILES string of the molecule is [N-]=[N+]=Nc1ccc(CN2CCN(CC(=O)O)CCN(CC(=O)O)CCN(CC(=O)O)CC2)cc1. The summed E-state index contributed by atoms with van der Waals surface area (Å²) >= 11 is 0. The number of rotatable bonds is 9. The second kappa shape index (κ2) is 14.1. The molecule has 1 aromatic carbocycles. The minimum Gasteiger partial charge on any atom is -0.480 e. The predicted octanol–water partition coefficient (Wildman–Crippen LogP) is 0.604. The number of hydrogen-bond acceptors (Lipinski definition) is 8. The first kappa shape index (κ1) is 27.0. The molecule has 2 rings (SSSR count). The van der Waals surface area contributed by atoms with Gasteiger partial charge in [0, 0.05) is 69.5 Å². The van der Waals surface area contributed by atoms with Crippen molar-refractivity contribution in [2.75, 3.05) is 72.0 Å². The summed E-state index contributed by atoms with van der Waals surface area (Å²) in [6.45, 7) is 3.57. The Bertz CT molecular complexity index is 843. The molecule has 0 atom stereocenters. The molecule has 1 aliphatic rings. The molecule has 34 heavy (non-hydrogen) atoms. The minimum absolute atomic E-state index is 0.152. The fourth-order valence-electron chi connectivity index (χ4n) is 3.76. The molecule has 0 bridgehead atoms. The zero-order valence-electron chi connectivity index (χ0n) is 19.0. The van der Waals surface area contributed by atoms with Gasteiger partial charge in [0.1, 0.15) is 0 Å². The Balaban J connectivity index is 2.17. The molecule has 1 aromatic rings. The van der Waals surface area contributed by atoms with Crippen LogP contribution in [0.1, 0.15) is 5.56 Å². The molecule has 0 saturated carbocycles. The lowest BCUT2D eigenvalue weighted by molar-refractivity contribution is -0.140. The smallest absolute Gasteiger partial charge is 0.317 e. The van der Waals surface area contributed by atoms with Crippen molar-refractivity contribution in [1.82, 2.24) is 19.6 Å². The van der Waals surface area contributed by atoms with Crippen molar-refractivity contribution in [3.8, 4) is 0 Å². The monoisotopic (exact) mass is 477 g/mol. The van der Waals surface area contributed by atoms with Gasteiger partial charge >= 0.3 is 17.9 Å². The Morgan fingerprint density at radius 3 is 1.38 bits per heavy atom. The third-order valence-electron chi connectivity index (χ3n) is 5.51. The first-order valence-corrected chi connectivity index (χ1v) is 10.9. The van der Waals surface area contributed by atoms with Crippen LogP contribution in [0.25, 0.3) is 10.4 Å². The van der Waals surface area contributed by atoms with Crippen LogP contribution in [0, 0.1) is 0 Å². The maximum absolute atomic E-state index is 11.3. The van der Waals surface area contributed by atoms with E-state index < -0.39 is 17.9 Å². The van der Waals surface area contributed by atoms with E-state index >= 15 is 0 Å². The lowest BCUT2D eigenvalue weighted by atomic mass is 10.2. The Hall–Kier alpha value is -3.22. The van der Waals surface area contributed by atoms with Crippen molar-refractivity contribution in [2.24, 2.45) is 5.11 Å². The molecule has 1 aliphatic heterocycles. The highest BCUT2D eigenvalue weighted by atomic mass is 16.4. The first-order chi connectivity index (χ1) is 16.2. The Labute approximate surface area is 197 Å². The summed E-state index contributed by atoms with van der Waals surface area (Å²) in [5.74, 6) is -2.89. The molecule has 0 radical (unpaired) electrons. The fraction of sp³-hybridized carbons (Fsp3) is 0.571. The van der Waals surface area contributed by atoms with Gasteiger partial charge in [0.05, 0.1) is 19.6 Å². The summed E-state index contributed by atoms with van der Waals surface area (Å²) in [4.78, 5) is 44.1. The van der Waals surface area contributed by atoms with E-state index in [1.165, 1.54) is 0 Å². The molecule has 3 N–H and O–H groups in total.